The van der Waals surface area contributed by atoms with Crippen molar-refractivity contribution >= 4 is 25.6 Å². The highest BCUT2D eigenvalue weighted by molar-refractivity contribution is 7.81. The highest BCUT2D eigenvalue weighted by atomic mass is 32.1. The van der Waals surface area contributed by atoms with Gasteiger partial charge in [0.15, 0.2) is 0 Å². The molecule has 0 aromatic heterocycles. The van der Waals surface area contributed by atoms with Crippen molar-refractivity contribution in [2.24, 2.45) is 0 Å². The number of rotatable bonds is 4. The normalized spacial score (nSPS) is 16.9. The van der Waals surface area contributed by atoms with Gasteiger partial charge >= 0.3 is 7.48 Å². The van der Waals surface area contributed by atoms with Gasteiger partial charge < -0.3 is 9.55 Å². The average molecular weight is 290 g/mol. The van der Waals surface area contributed by atoms with Gasteiger partial charge in [-0.15, -0.1) is 0 Å². The van der Waals surface area contributed by atoms with Crippen molar-refractivity contribution in [1.29, 1.82) is 0 Å². The highest BCUT2D eigenvalue weighted by Crippen LogP contribution is 2.30. The van der Waals surface area contributed by atoms with E-state index in [-0.39, 0.29) is 10.3 Å². The average Bonchev–Trinajstić information content (AvgIpc) is 2.35. The first kappa shape index (κ1) is 15.9. The van der Waals surface area contributed by atoms with Gasteiger partial charge in [0.25, 0.3) is 0 Å². The molecule has 1 aliphatic rings. The Balaban J connectivity index is 2.05. The Kier molecular flexibility index (Phi) is 4.58. The van der Waals surface area contributed by atoms with Crippen LogP contribution in [0.3, 0.4) is 0 Å². The fraction of sp³-hybridized carbons (Fsp3) is 0.625. The molecule has 0 saturated carbocycles. The number of nitrogens with zero attached hydrogens (tertiary/aromatic N) is 1. The van der Waals surface area contributed by atoms with Crippen LogP contribution in [-0.4, -0.2) is 36.3 Å². The Morgan fingerprint density at radius 3 is 2.55 bits per heavy atom. The van der Waals surface area contributed by atoms with Crippen LogP contribution >= 0.6 is 12.6 Å². The predicted molar refractivity (Wildman–Crippen MR) is 90.1 cm³/mol. The zero-order valence-corrected chi connectivity index (χ0v) is 14.1. The largest absolute Gasteiger partial charge is 0.428 e. The Hall–Kier alpha value is -0.445. The summed E-state index contributed by atoms with van der Waals surface area (Å²) in [7, 11) is 4.04. The Morgan fingerprint density at radius 1 is 1.20 bits per heavy atom. The molecule has 0 spiro atoms. The lowest BCUT2D eigenvalue weighted by Crippen LogP contribution is -2.45. The van der Waals surface area contributed by atoms with Gasteiger partial charge in [0.2, 0.25) is 0 Å². The molecule has 0 bridgehead atoms. The summed E-state index contributed by atoms with van der Waals surface area (Å²) in [6.45, 7) is 10.5. The van der Waals surface area contributed by atoms with Gasteiger partial charge in [0.05, 0.1) is 5.60 Å². The van der Waals surface area contributed by atoms with Crippen LogP contribution in [0, 0.1) is 0 Å². The van der Waals surface area contributed by atoms with Crippen molar-refractivity contribution in [3.8, 4) is 0 Å². The molecule has 0 N–H and O–H groups in total. The molecule has 1 aliphatic heterocycles. The summed E-state index contributed by atoms with van der Waals surface area (Å²) in [6, 6.07) is 6.61. The molecule has 2 nitrogen and oxygen atoms in total. The maximum atomic E-state index is 5.98. The van der Waals surface area contributed by atoms with Gasteiger partial charge in [-0.25, -0.2) is 0 Å². The smallest absolute Gasteiger partial charge is 0.330 e. The molecule has 1 aromatic carbocycles. The summed E-state index contributed by atoms with van der Waals surface area (Å²) in [6.07, 6.45) is 1.12. The molecule has 0 fully saturated rings. The minimum Gasteiger partial charge on any atom is -0.428 e. The van der Waals surface area contributed by atoms with E-state index < -0.39 is 0 Å². The van der Waals surface area contributed by atoms with E-state index in [1.54, 1.807) is 0 Å². The second kappa shape index (κ2) is 5.74. The molecular weight excluding hydrogens is 265 g/mol. The van der Waals surface area contributed by atoms with Crippen molar-refractivity contribution < 1.29 is 4.65 Å². The molecule has 1 heterocycles. The lowest BCUT2D eigenvalue weighted by atomic mass is 9.81. The van der Waals surface area contributed by atoms with Crippen molar-refractivity contribution in [1.82, 2.24) is 4.90 Å². The van der Waals surface area contributed by atoms with Gasteiger partial charge in [-0.3, -0.25) is 0 Å². The molecule has 0 amide bonds. The standard InChI is InChI=1S/C16H25BNOS/c1-15(2,16(3,4)20)19-17-14-7-6-13-11-18(5)9-8-12(13)10-14/h6-7,10,20H,8-9,11H2,1-5H3. The third kappa shape index (κ3) is 3.60. The van der Waals surface area contributed by atoms with Gasteiger partial charge in [-0.2, -0.15) is 12.6 Å². The summed E-state index contributed by atoms with van der Waals surface area (Å²) in [5.41, 5.74) is 3.71. The molecule has 1 radical (unpaired) electrons. The summed E-state index contributed by atoms with van der Waals surface area (Å²) < 4.78 is 5.79. The van der Waals surface area contributed by atoms with Crippen LogP contribution < -0.4 is 5.46 Å². The molecule has 4 heteroatoms. The lowest BCUT2D eigenvalue weighted by Gasteiger charge is -2.38. The van der Waals surface area contributed by atoms with E-state index in [1.807, 2.05) is 7.48 Å². The first-order valence-corrected chi connectivity index (χ1v) is 7.67. The van der Waals surface area contributed by atoms with E-state index in [0.29, 0.717) is 0 Å². The Bertz CT molecular complexity index is 482. The van der Waals surface area contributed by atoms with Gasteiger partial charge in [0, 0.05) is 17.8 Å². The van der Waals surface area contributed by atoms with E-state index in [0.717, 1.165) is 25.0 Å². The quantitative estimate of drug-likeness (QED) is 0.675. The minimum absolute atomic E-state index is 0.194. The van der Waals surface area contributed by atoms with E-state index >= 15 is 0 Å². The number of benzene rings is 1. The number of hydrogen-bond donors (Lipinski definition) is 1. The molecule has 2 rings (SSSR count). The number of thiol groups is 1. The summed E-state index contributed by atoms with van der Waals surface area (Å²) in [4.78, 5) is 2.36. The van der Waals surface area contributed by atoms with E-state index in [2.05, 4.69) is 70.5 Å². The second-order valence-corrected chi connectivity index (χ2v) is 7.94. The van der Waals surface area contributed by atoms with Crippen LogP contribution in [0.1, 0.15) is 38.8 Å². The zero-order valence-electron chi connectivity index (χ0n) is 13.2. The molecule has 0 atom stereocenters. The zero-order chi connectivity index (χ0) is 15.0. The Morgan fingerprint density at radius 2 is 1.90 bits per heavy atom. The van der Waals surface area contributed by atoms with Gasteiger partial charge in [0.1, 0.15) is 0 Å². The number of hydrogen-bond acceptors (Lipinski definition) is 3. The summed E-state index contributed by atoms with van der Waals surface area (Å²) >= 11 is 4.62. The van der Waals surface area contributed by atoms with Crippen molar-refractivity contribution in [3.63, 3.8) is 0 Å². The van der Waals surface area contributed by atoms with Crippen molar-refractivity contribution in [2.75, 3.05) is 13.6 Å². The van der Waals surface area contributed by atoms with Crippen LogP contribution in [0.15, 0.2) is 18.2 Å². The molecule has 0 unspecified atom stereocenters. The second-order valence-electron chi connectivity index (χ2n) is 6.82. The summed E-state index contributed by atoms with van der Waals surface area (Å²) in [5.74, 6) is 0. The lowest BCUT2D eigenvalue weighted by molar-refractivity contribution is 0.0854. The molecule has 20 heavy (non-hydrogen) atoms. The van der Waals surface area contributed by atoms with Crippen LogP contribution in [0.2, 0.25) is 0 Å². The Labute approximate surface area is 129 Å². The van der Waals surface area contributed by atoms with Crippen LogP contribution in [0.4, 0.5) is 0 Å². The number of fused-ring (bicyclic) bond motifs is 1. The first-order chi connectivity index (χ1) is 9.19. The van der Waals surface area contributed by atoms with Crippen molar-refractivity contribution in [3.05, 3.63) is 29.3 Å². The third-order valence-corrected chi connectivity index (χ3v) is 4.93. The van der Waals surface area contributed by atoms with E-state index in [9.17, 15) is 0 Å². The maximum absolute atomic E-state index is 5.98. The predicted octanol–water partition coefficient (Wildman–Crippen LogP) is 2.42. The highest BCUT2D eigenvalue weighted by Gasteiger charge is 2.34. The molecular formula is C16H25BNOS. The fourth-order valence-corrected chi connectivity index (χ4v) is 2.20. The van der Waals surface area contributed by atoms with Crippen LogP contribution in [-0.2, 0) is 17.6 Å². The van der Waals surface area contributed by atoms with Crippen LogP contribution in [0.25, 0.3) is 0 Å². The SMILES string of the molecule is CN1CCc2cc([B]OC(C)(C)C(C)(C)S)ccc2C1. The monoisotopic (exact) mass is 290 g/mol. The van der Waals surface area contributed by atoms with Gasteiger partial charge in [-0.1, -0.05) is 23.7 Å². The third-order valence-electron chi connectivity index (χ3n) is 4.40. The molecule has 0 aliphatic carbocycles. The topological polar surface area (TPSA) is 12.5 Å². The van der Waals surface area contributed by atoms with E-state index in [1.165, 1.54) is 11.1 Å². The molecule has 109 valence electrons. The maximum Gasteiger partial charge on any atom is 0.330 e. The van der Waals surface area contributed by atoms with Gasteiger partial charge in [-0.05, 0) is 52.3 Å². The summed E-state index contributed by atoms with van der Waals surface area (Å²) in [5, 5.41) is 0. The molecule has 1 aromatic rings. The van der Waals surface area contributed by atoms with Crippen LogP contribution in [0.5, 0.6) is 0 Å². The van der Waals surface area contributed by atoms with E-state index in [4.69, 9.17) is 4.65 Å². The first-order valence-electron chi connectivity index (χ1n) is 7.23. The number of likely N-dealkylation sites (N-methyl/N-ethyl adjacent to an activating group) is 1. The fourth-order valence-electron chi connectivity index (χ4n) is 2.15. The minimum atomic E-state index is -0.313. The van der Waals surface area contributed by atoms with Crippen molar-refractivity contribution in [2.45, 2.75) is 51.0 Å². The molecule has 0 saturated heterocycles.